The van der Waals surface area contributed by atoms with Crippen LogP contribution in [0.5, 0.6) is 0 Å². The Morgan fingerprint density at radius 1 is 1.62 bits per heavy atom. The lowest BCUT2D eigenvalue weighted by Gasteiger charge is -2.17. The predicted octanol–water partition coefficient (Wildman–Crippen LogP) is 1.17. The van der Waals surface area contributed by atoms with Gasteiger partial charge in [-0.3, -0.25) is 0 Å². The van der Waals surface area contributed by atoms with Gasteiger partial charge in [0.2, 0.25) is 0 Å². The fraction of sp³-hybridized carbons (Fsp3) is 0.667. The summed E-state index contributed by atoms with van der Waals surface area (Å²) in [6.07, 6.45) is 1.09. The molecule has 0 aromatic rings. The number of carboxylic acids is 1. The van der Waals surface area contributed by atoms with Crippen molar-refractivity contribution in [1.82, 2.24) is 0 Å². The van der Waals surface area contributed by atoms with Crippen molar-refractivity contribution in [2.75, 3.05) is 6.61 Å². The van der Waals surface area contributed by atoms with Crippen molar-refractivity contribution in [3.8, 4) is 0 Å². The monoisotopic (exact) mass is 186 g/mol. The Morgan fingerprint density at radius 2 is 2.23 bits per heavy atom. The molecule has 4 heteroatoms. The zero-order valence-electron chi connectivity index (χ0n) is 8.03. The standard InChI is InChI=1S/C9H14O4/c1-4-6(8(10)11)7-5-12-9(2,3)13-7/h4,7H,5H2,1-3H3,(H,10,11)/t7-/m0/s1. The number of rotatable bonds is 2. The molecule has 0 radical (unpaired) electrons. The summed E-state index contributed by atoms with van der Waals surface area (Å²) in [6.45, 7) is 5.52. The van der Waals surface area contributed by atoms with Crippen LogP contribution in [-0.4, -0.2) is 29.6 Å². The van der Waals surface area contributed by atoms with Crippen molar-refractivity contribution in [3.63, 3.8) is 0 Å². The number of allylic oxidation sites excluding steroid dienone is 1. The molecule has 1 fully saturated rings. The zero-order chi connectivity index (χ0) is 10.1. The number of hydrogen-bond donors (Lipinski definition) is 1. The van der Waals surface area contributed by atoms with Crippen LogP contribution >= 0.6 is 0 Å². The summed E-state index contributed by atoms with van der Waals surface area (Å²) in [7, 11) is 0. The molecule has 1 heterocycles. The van der Waals surface area contributed by atoms with E-state index in [0.29, 0.717) is 6.61 Å². The van der Waals surface area contributed by atoms with Gasteiger partial charge in [0.1, 0.15) is 6.10 Å². The average Bonchev–Trinajstić information content (AvgIpc) is 2.31. The molecule has 1 rings (SSSR count). The molecule has 1 aliphatic heterocycles. The van der Waals surface area contributed by atoms with Gasteiger partial charge in [0.15, 0.2) is 5.79 Å². The third-order valence-corrected chi connectivity index (χ3v) is 1.91. The van der Waals surface area contributed by atoms with Crippen LogP contribution in [0.3, 0.4) is 0 Å². The minimum Gasteiger partial charge on any atom is -0.478 e. The summed E-state index contributed by atoms with van der Waals surface area (Å²) in [4.78, 5) is 10.7. The normalized spacial score (nSPS) is 27.6. The Morgan fingerprint density at radius 3 is 2.54 bits per heavy atom. The van der Waals surface area contributed by atoms with Gasteiger partial charge in [-0.15, -0.1) is 0 Å². The molecule has 0 unspecified atom stereocenters. The van der Waals surface area contributed by atoms with Gasteiger partial charge >= 0.3 is 5.97 Å². The summed E-state index contributed by atoms with van der Waals surface area (Å²) < 4.78 is 10.7. The number of aliphatic carboxylic acids is 1. The van der Waals surface area contributed by atoms with Gasteiger partial charge in [-0.1, -0.05) is 6.08 Å². The van der Waals surface area contributed by atoms with E-state index in [0.717, 1.165) is 0 Å². The summed E-state index contributed by atoms with van der Waals surface area (Å²) in [5.41, 5.74) is 0.255. The van der Waals surface area contributed by atoms with Crippen molar-refractivity contribution in [2.24, 2.45) is 0 Å². The number of ether oxygens (including phenoxy) is 2. The topological polar surface area (TPSA) is 55.8 Å². The highest BCUT2D eigenvalue weighted by Crippen LogP contribution is 2.26. The lowest BCUT2D eigenvalue weighted by atomic mass is 10.1. The molecular weight excluding hydrogens is 172 g/mol. The molecule has 4 nitrogen and oxygen atoms in total. The van der Waals surface area contributed by atoms with Crippen LogP contribution in [0.4, 0.5) is 0 Å². The molecule has 0 aliphatic carbocycles. The van der Waals surface area contributed by atoms with Crippen molar-refractivity contribution in [1.29, 1.82) is 0 Å². The third-order valence-electron chi connectivity index (χ3n) is 1.91. The van der Waals surface area contributed by atoms with E-state index in [2.05, 4.69) is 0 Å². The maximum absolute atomic E-state index is 10.7. The first-order valence-corrected chi connectivity index (χ1v) is 4.17. The van der Waals surface area contributed by atoms with Crippen LogP contribution in [0.2, 0.25) is 0 Å². The maximum Gasteiger partial charge on any atom is 0.333 e. The van der Waals surface area contributed by atoms with E-state index >= 15 is 0 Å². The molecule has 13 heavy (non-hydrogen) atoms. The fourth-order valence-corrected chi connectivity index (χ4v) is 1.29. The highest BCUT2D eigenvalue weighted by molar-refractivity contribution is 5.87. The average molecular weight is 186 g/mol. The van der Waals surface area contributed by atoms with E-state index in [1.165, 1.54) is 6.08 Å². The smallest absolute Gasteiger partial charge is 0.333 e. The van der Waals surface area contributed by atoms with E-state index in [1.54, 1.807) is 20.8 Å². The molecule has 0 spiro atoms. The van der Waals surface area contributed by atoms with Crippen molar-refractivity contribution < 1.29 is 19.4 Å². The number of carboxylic acid groups (broad SMARTS) is 1. The fourth-order valence-electron chi connectivity index (χ4n) is 1.29. The molecular formula is C9H14O4. The molecule has 0 saturated carbocycles. The Hall–Kier alpha value is -0.870. The first kappa shape index (κ1) is 10.2. The largest absolute Gasteiger partial charge is 0.478 e. The Kier molecular flexibility index (Phi) is 2.73. The molecule has 0 aromatic heterocycles. The van der Waals surface area contributed by atoms with Crippen molar-refractivity contribution >= 4 is 5.97 Å². The maximum atomic E-state index is 10.7. The van der Waals surface area contributed by atoms with Crippen LogP contribution in [0, 0.1) is 0 Å². The second kappa shape index (κ2) is 3.47. The highest BCUT2D eigenvalue weighted by atomic mass is 16.7. The van der Waals surface area contributed by atoms with Crippen LogP contribution in [0.25, 0.3) is 0 Å². The summed E-state index contributed by atoms with van der Waals surface area (Å²) in [5, 5.41) is 8.80. The van der Waals surface area contributed by atoms with Crippen molar-refractivity contribution in [3.05, 3.63) is 11.6 Å². The Labute approximate surface area is 77.1 Å². The lowest BCUT2D eigenvalue weighted by molar-refractivity contribution is -0.141. The third kappa shape index (κ3) is 2.29. The molecule has 1 atom stereocenters. The van der Waals surface area contributed by atoms with Crippen LogP contribution < -0.4 is 0 Å². The van der Waals surface area contributed by atoms with Gasteiger partial charge in [0.25, 0.3) is 0 Å². The molecule has 0 aromatic carbocycles. The number of carbonyl (C=O) groups is 1. The second-order valence-corrected chi connectivity index (χ2v) is 3.37. The molecule has 0 amide bonds. The minimum absolute atomic E-state index is 0.255. The SMILES string of the molecule is CC=C(C(=O)O)[C@@H]1COC(C)(C)O1. The first-order valence-electron chi connectivity index (χ1n) is 4.17. The van der Waals surface area contributed by atoms with E-state index in [-0.39, 0.29) is 5.57 Å². The van der Waals surface area contributed by atoms with Crippen molar-refractivity contribution in [2.45, 2.75) is 32.7 Å². The molecule has 1 N–H and O–H groups in total. The quantitative estimate of drug-likeness (QED) is 0.658. The lowest BCUT2D eigenvalue weighted by Crippen LogP contribution is -2.24. The zero-order valence-corrected chi connectivity index (χ0v) is 8.03. The van der Waals surface area contributed by atoms with Gasteiger partial charge in [-0.05, 0) is 20.8 Å². The molecule has 74 valence electrons. The Bertz CT molecular complexity index is 242. The van der Waals surface area contributed by atoms with Crippen LogP contribution in [-0.2, 0) is 14.3 Å². The molecule has 1 aliphatic rings. The van der Waals surface area contributed by atoms with Gasteiger partial charge in [0, 0.05) is 0 Å². The molecule has 0 bridgehead atoms. The minimum atomic E-state index is -0.950. The van der Waals surface area contributed by atoms with Gasteiger partial charge < -0.3 is 14.6 Å². The number of hydrogen-bond acceptors (Lipinski definition) is 3. The van der Waals surface area contributed by atoms with Gasteiger partial charge in [0.05, 0.1) is 12.2 Å². The first-order chi connectivity index (χ1) is 5.96. The Balaban J connectivity index is 2.70. The van der Waals surface area contributed by atoms with Gasteiger partial charge in [-0.2, -0.15) is 0 Å². The predicted molar refractivity (Wildman–Crippen MR) is 46.3 cm³/mol. The van der Waals surface area contributed by atoms with Gasteiger partial charge in [-0.25, -0.2) is 4.79 Å². The van der Waals surface area contributed by atoms with E-state index in [1.807, 2.05) is 0 Å². The van der Waals surface area contributed by atoms with E-state index < -0.39 is 17.9 Å². The van der Waals surface area contributed by atoms with Crippen LogP contribution in [0.1, 0.15) is 20.8 Å². The highest BCUT2D eigenvalue weighted by Gasteiger charge is 2.36. The van der Waals surface area contributed by atoms with E-state index in [9.17, 15) is 4.79 Å². The van der Waals surface area contributed by atoms with E-state index in [4.69, 9.17) is 14.6 Å². The second-order valence-electron chi connectivity index (χ2n) is 3.37. The summed E-state index contributed by atoms with van der Waals surface area (Å²) in [6, 6.07) is 0. The molecule has 1 saturated heterocycles. The van der Waals surface area contributed by atoms with Crippen LogP contribution in [0.15, 0.2) is 11.6 Å². The summed E-state index contributed by atoms with van der Waals surface area (Å²) >= 11 is 0. The summed E-state index contributed by atoms with van der Waals surface area (Å²) in [5.74, 6) is -1.62.